The van der Waals surface area contributed by atoms with Gasteiger partial charge in [0.05, 0.1) is 33.2 Å². The molecular formula is C17H18N4O4. The third-order valence-electron chi connectivity index (χ3n) is 3.72. The van der Waals surface area contributed by atoms with Gasteiger partial charge in [-0.2, -0.15) is 0 Å². The summed E-state index contributed by atoms with van der Waals surface area (Å²) in [5.74, 6) is 1.76. The second kappa shape index (κ2) is 6.68. The minimum absolute atomic E-state index is 0.174. The highest BCUT2D eigenvalue weighted by Gasteiger charge is 2.24. The standard InChI is InChI=1S/C17H18N4O4/c1-10(22)21-13-5-6-18-9-12(13)19-17(20-21)11-7-14(23-2)16(25-4)15(8-11)24-3/h5-9H,1-4H3,(H,19,20). The maximum atomic E-state index is 12.0. The van der Waals surface area contributed by atoms with Crippen molar-refractivity contribution in [3.63, 3.8) is 0 Å². The van der Waals surface area contributed by atoms with Crippen LogP contribution in [0.3, 0.4) is 0 Å². The number of anilines is 1. The fourth-order valence-electron chi connectivity index (χ4n) is 2.56. The van der Waals surface area contributed by atoms with Gasteiger partial charge < -0.3 is 14.2 Å². The van der Waals surface area contributed by atoms with Gasteiger partial charge in [0.1, 0.15) is 5.69 Å². The number of amidine groups is 1. The molecule has 25 heavy (non-hydrogen) atoms. The van der Waals surface area contributed by atoms with Crippen LogP contribution < -0.4 is 24.6 Å². The van der Waals surface area contributed by atoms with Crippen molar-refractivity contribution in [3.05, 3.63) is 36.2 Å². The van der Waals surface area contributed by atoms with Gasteiger partial charge in [-0.1, -0.05) is 0 Å². The Morgan fingerprint density at radius 1 is 1.12 bits per heavy atom. The number of fused-ring (bicyclic) bond motifs is 1. The SMILES string of the molecule is COc1cc(C2=Nc3cnccc3N(C(C)=O)N2)cc(OC)c1OC. The van der Waals surface area contributed by atoms with Crippen molar-refractivity contribution in [2.24, 2.45) is 4.99 Å². The van der Waals surface area contributed by atoms with E-state index in [1.54, 1.807) is 30.6 Å². The Kier molecular flexibility index (Phi) is 4.42. The number of nitrogens with one attached hydrogen (secondary N) is 1. The number of nitrogens with zero attached hydrogens (tertiary/aromatic N) is 3. The normalized spacial score (nSPS) is 12.6. The Bertz CT molecular complexity index is 825. The first-order chi connectivity index (χ1) is 12.1. The molecule has 0 bridgehead atoms. The lowest BCUT2D eigenvalue weighted by Gasteiger charge is -2.29. The van der Waals surface area contributed by atoms with Gasteiger partial charge in [0, 0.05) is 18.7 Å². The molecule has 1 N–H and O–H groups in total. The van der Waals surface area contributed by atoms with Gasteiger partial charge in [-0.25, -0.2) is 10.0 Å². The molecule has 3 rings (SSSR count). The van der Waals surface area contributed by atoms with E-state index in [0.717, 1.165) is 0 Å². The van der Waals surface area contributed by atoms with Crippen molar-refractivity contribution >= 4 is 23.1 Å². The summed E-state index contributed by atoms with van der Waals surface area (Å²) in [5.41, 5.74) is 4.92. The first-order valence-corrected chi connectivity index (χ1v) is 7.49. The highest BCUT2D eigenvalue weighted by atomic mass is 16.5. The van der Waals surface area contributed by atoms with Gasteiger partial charge in [-0.05, 0) is 18.2 Å². The number of hydrazine groups is 1. The topological polar surface area (TPSA) is 85.3 Å². The summed E-state index contributed by atoms with van der Waals surface area (Å²) in [7, 11) is 4.62. The molecule has 8 nitrogen and oxygen atoms in total. The molecule has 0 saturated heterocycles. The van der Waals surface area contributed by atoms with E-state index in [0.29, 0.717) is 40.0 Å². The molecule has 2 heterocycles. The van der Waals surface area contributed by atoms with Crippen LogP contribution in [0.1, 0.15) is 12.5 Å². The van der Waals surface area contributed by atoms with Crippen LogP contribution in [0.5, 0.6) is 17.2 Å². The number of rotatable bonds is 4. The summed E-state index contributed by atoms with van der Waals surface area (Å²) in [6.07, 6.45) is 3.21. The van der Waals surface area contributed by atoms with Crippen molar-refractivity contribution in [2.45, 2.75) is 6.92 Å². The molecule has 0 unspecified atom stereocenters. The monoisotopic (exact) mass is 342 g/mol. The molecule has 1 aliphatic rings. The van der Waals surface area contributed by atoms with E-state index >= 15 is 0 Å². The van der Waals surface area contributed by atoms with Crippen molar-refractivity contribution in [1.29, 1.82) is 0 Å². The Balaban J connectivity index is 2.14. The zero-order valence-electron chi connectivity index (χ0n) is 14.4. The van der Waals surface area contributed by atoms with Crippen molar-refractivity contribution in [2.75, 3.05) is 26.3 Å². The summed E-state index contributed by atoms with van der Waals surface area (Å²) in [5, 5.41) is 1.42. The highest BCUT2D eigenvalue weighted by molar-refractivity contribution is 6.09. The van der Waals surface area contributed by atoms with Crippen molar-refractivity contribution < 1.29 is 19.0 Å². The number of aliphatic imine (C=N–C) groups is 1. The van der Waals surface area contributed by atoms with Crippen LogP contribution in [0.25, 0.3) is 0 Å². The molecule has 0 atom stereocenters. The first-order valence-electron chi connectivity index (χ1n) is 7.49. The van der Waals surface area contributed by atoms with Gasteiger partial charge >= 0.3 is 0 Å². The molecule has 8 heteroatoms. The quantitative estimate of drug-likeness (QED) is 0.915. The molecule has 0 fully saturated rings. The summed E-state index contributed by atoms with van der Waals surface area (Å²) >= 11 is 0. The van der Waals surface area contributed by atoms with Crippen LogP contribution in [0.15, 0.2) is 35.6 Å². The molecule has 0 aliphatic carbocycles. The summed E-state index contributed by atoms with van der Waals surface area (Å²) in [6.45, 7) is 1.47. The molecule has 1 aliphatic heterocycles. The van der Waals surface area contributed by atoms with Gasteiger partial charge in [0.25, 0.3) is 0 Å². The van der Waals surface area contributed by atoms with Crippen LogP contribution in [0.2, 0.25) is 0 Å². The molecule has 130 valence electrons. The second-order valence-corrected chi connectivity index (χ2v) is 5.21. The van der Waals surface area contributed by atoms with Crippen molar-refractivity contribution in [3.8, 4) is 17.2 Å². The average Bonchev–Trinajstić information content (AvgIpc) is 2.65. The smallest absolute Gasteiger partial charge is 0.242 e. The molecular weight excluding hydrogens is 324 g/mol. The number of benzene rings is 1. The minimum Gasteiger partial charge on any atom is -0.493 e. The van der Waals surface area contributed by atoms with Gasteiger partial charge in [0.2, 0.25) is 11.7 Å². The minimum atomic E-state index is -0.174. The zero-order valence-corrected chi connectivity index (χ0v) is 14.4. The predicted molar refractivity (Wildman–Crippen MR) is 92.8 cm³/mol. The summed E-state index contributed by atoms with van der Waals surface area (Å²) in [4.78, 5) is 20.6. The Morgan fingerprint density at radius 2 is 1.80 bits per heavy atom. The molecule has 0 saturated carbocycles. The fourth-order valence-corrected chi connectivity index (χ4v) is 2.56. The van der Waals surface area contributed by atoms with E-state index in [9.17, 15) is 4.79 Å². The third-order valence-corrected chi connectivity index (χ3v) is 3.72. The van der Waals surface area contributed by atoms with E-state index in [-0.39, 0.29) is 5.91 Å². The number of hydrogen-bond donors (Lipinski definition) is 1. The van der Waals surface area contributed by atoms with Crippen LogP contribution in [0.4, 0.5) is 11.4 Å². The van der Waals surface area contributed by atoms with Gasteiger partial charge in [-0.15, -0.1) is 0 Å². The number of pyridine rings is 1. The predicted octanol–water partition coefficient (Wildman–Crippen LogP) is 2.06. The number of hydrogen-bond acceptors (Lipinski definition) is 7. The second-order valence-electron chi connectivity index (χ2n) is 5.21. The van der Waals surface area contributed by atoms with E-state index in [1.807, 2.05) is 0 Å². The number of methoxy groups -OCH3 is 3. The van der Waals surface area contributed by atoms with E-state index in [1.165, 1.54) is 33.3 Å². The number of carbonyl (C=O) groups is 1. The Hall–Kier alpha value is -3.29. The zero-order chi connectivity index (χ0) is 18.0. The number of carbonyl (C=O) groups excluding carboxylic acids is 1. The van der Waals surface area contributed by atoms with Crippen molar-refractivity contribution in [1.82, 2.24) is 10.4 Å². The van der Waals surface area contributed by atoms with Crippen LogP contribution in [-0.4, -0.2) is 38.1 Å². The fraction of sp³-hybridized carbons (Fsp3) is 0.235. The van der Waals surface area contributed by atoms with Crippen LogP contribution in [-0.2, 0) is 4.79 Å². The Morgan fingerprint density at radius 3 is 2.36 bits per heavy atom. The lowest BCUT2D eigenvalue weighted by molar-refractivity contribution is -0.117. The Labute approximate surface area is 145 Å². The van der Waals surface area contributed by atoms with E-state index < -0.39 is 0 Å². The van der Waals surface area contributed by atoms with Gasteiger partial charge in [-0.3, -0.25) is 15.2 Å². The van der Waals surface area contributed by atoms with E-state index in [2.05, 4.69) is 15.4 Å². The van der Waals surface area contributed by atoms with Gasteiger partial charge in [0.15, 0.2) is 17.3 Å². The largest absolute Gasteiger partial charge is 0.493 e. The third kappa shape index (κ3) is 2.93. The highest BCUT2D eigenvalue weighted by Crippen LogP contribution is 2.39. The van der Waals surface area contributed by atoms with Crippen LogP contribution in [0, 0.1) is 0 Å². The lowest BCUT2D eigenvalue weighted by atomic mass is 10.1. The summed E-state index contributed by atoms with van der Waals surface area (Å²) in [6, 6.07) is 5.24. The molecule has 0 spiro atoms. The van der Waals surface area contributed by atoms with E-state index in [4.69, 9.17) is 14.2 Å². The average molecular weight is 342 g/mol. The summed E-state index contributed by atoms with van der Waals surface area (Å²) < 4.78 is 16.1. The first kappa shape index (κ1) is 16.6. The maximum Gasteiger partial charge on any atom is 0.242 e. The molecule has 1 aromatic carbocycles. The maximum absolute atomic E-state index is 12.0. The number of ether oxygens (including phenoxy) is 3. The number of amides is 1. The molecule has 1 aromatic heterocycles. The van der Waals surface area contributed by atoms with Crippen LogP contribution >= 0.6 is 0 Å². The molecule has 2 aromatic rings. The lowest BCUT2D eigenvalue weighted by Crippen LogP contribution is -2.47. The molecule has 1 amide bonds. The number of aromatic nitrogens is 1. The molecule has 0 radical (unpaired) electrons.